The molecule has 1 atom stereocenters. The van der Waals surface area contributed by atoms with Crippen LogP contribution in [0.1, 0.15) is 84.3 Å². The van der Waals surface area contributed by atoms with Crippen molar-refractivity contribution in [2.24, 2.45) is 0 Å². The summed E-state index contributed by atoms with van der Waals surface area (Å²) in [5, 5.41) is 39.5. The largest absolute Gasteiger partial charge is 0.508 e. The molecule has 0 aromatic heterocycles. The molecule has 0 spiro atoms. The number of phenolic OH excluding ortho intramolecular Hbond substituents is 2. The molecule has 0 fully saturated rings. The molecule has 0 saturated heterocycles. The molecule has 4 heteroatoms. The third kappa shape index (κ3) is 10.7. The van der Waals surface area contributed by atoms with Gasteiger partial charge in [0.05, 0.1) is 11.7 Å². The molecule has 31 heavy (non-hydrogen) atoms. The van der Waals surface area contributed by atoms with E-state index in [2.05, 4.69) is 39.0 Å². The maximum absolute atomic E-state index is 10.1. The van der Waals surface area contributed by atoms with Crippen LogP contribution in [0.25, 0.3) is 0 Å². The third-order valence-electron chi connectivity index (χ3n) is 5.73. The Labute approximate surface area is 188 Å². The van der Waals surface area contributed by atoms with Crippen molar-refractivity contribution in [3.05, 3.63) is 58.2 Å². The highest BCUT2D eigenvalue weighted by Crippen LogP contribution is 2.28. The van der Waals surface area contributed by atoms with Gasteiger partial charge in [-0.25, -0.2) is 0 Å². The molecule has 0 saturated carbocycles. The van der Waals surface area contributed by atoms with E-state index in [0.29, 0.717) is 18.4 Å². The van der Waals surface area contributed by atoms with Crippen LogP contribution in [0.4, 0.5) is 0 Å². The molecule has 1 aromatic carbocycles. The Morgan fingerprint density at radius 1 is 0.903 bits per heavy atom. The van der Waals surface area contributed by atoms with E-state index in [9.17, 15) is 20.4 Å². The Morgan fingerprint density at radius 2 is 1.42 bits per heavy atom. The van der Waals surface area contributed by atoms with E-state index in [1.807, 2.05) is 0 Å². The van der Waals surface area contributed by atoms with Gasteiger partial charge in [-0.15, -0.1) is 0 Å². The first kappa shape index (κ1) is 27.0. The van der Waals surface area contributed by atoms with Crippen molar-refractivity contribution < 1.29 is 20.4 Å². The van der Waals surface area contributed by atoms with Crippen LogP contribution in [-0.4, -0.2) is 32.1 Å². The first-order valence-electron chi connectivity index (χ1n) is 11.3. The lowest BCUT2D eigenvalue weighted by Gasteiger charge is -2.24. The number of benzene rings is 1. The standard InChI is InChI=1S/C27H42O4/c1-19(10-8-12-21(3)14-16-25(29)27(5,6)31)9-7-11-20(2)13-15-23-18-24(28)17-22(4)26(23)30/h9,12-13,17-18,25,28-31H,7-8,10-11,14-16H2,1-6H3/b19-9+,20-13+,21-12+/t25-/m1/s1. The van der Waals surface area contributed by atoms with Crippen molar-refractivity contribution in [1.82, 2.24) is 0 Å². The second kappa shape index (κ2) is 12.7. The van der Waals surface area contributed by atoms with Gasteiger partial charge in [0.25, 0.3) is 0 Å². The molecule has 0 bridgehead atoms. The van der Waals surface area contributed by atoms with Crippen LogP contribution >= 0.6 is 0 Å². The fraction of sp³-hybridized carbons (Fsp3) is 0.556. The van der Waals surface area contributed by atoms with Gasteiger partial charge < -0.3 is 20.4 Å². The van der Waals surface area contributed by atoms with Crippen LogP contribution in [0.5, 0.6) is 11.5 Å². The Bertz CT molecular complexity index is 794. The fourth-order valence-corrected chi connectivity index (χ4v) is 3.39. The molecule has 4 nitrogen and oxygen atoms in total. The first-order chi connectivity index (χ1) is 14.4. The van der Waals surface area contributed by atoms with E-state index >= 15 is 0 Å². The number of aliphatic hydroxyl groups is 2. The zero-order valence-electron chi connectivity index (χ0n) is 20.2. The highest BCUT2D eigenvalue weighted by atomic mass is 16.3. The summed E-state index contributed by atoms with van der Waals surface area (Å²) in [6.07, 6.45) is 11.9. The predicted molar refractivity (Wildman–Crippen MR) is 129 cm³/mol. The molecule has 0 aliphatic rings. The van der Waals surface area contributed by atoms with Crippen LogP contribution in [-0.2, 0) is 6.42 Å². The van der Waals surface area contributed by atoms with Gasteiger partial charge in [-0.05, 0) is 104 Å². The maximum atomic E-state index is 10.1. The molecule has 1 aromatic rings. The Hall–Kier alpha value is -2.04. The van der Waals surface area contributed by atoms with Crippen LogP contribution < -0.4 is 0 Å². The lowest BCUT2D eigenvalue weighted by atomic mass is 9.95. The van der Waals surface area contributed by atoms with E-state index < -0.39 is 11.7 Å². The van der Waals surface area contributed by atoms with Gasteiger partial charge in [0.15, 0.2) is 0 Å². The second-order valence-electron chi connectivity index (χ2n) is 9.41. The van der Waals surface area contributed by atoms with E-state index in [1.54, 1.807) is 32.9 Å². The second-order valence-corrected chi connectivity index (χ2v) is 9.41. The highest BCUT2D eigenvalue weighted by molar-refractivity contribution is 5.46. The monoisotopic (exact) mass is 430 g/mol. The van der Waals surface area contributed by atoms with Crippen molar-refractivity contribution in [2.75, 3.05) is 0 Å². The van der Waals surface area contributed by atoms with Gasteiger partial charge in [-0.1, -0.05) is 34.9 Å². The Morgan fingerprint density at radius 3 is 1.97 bits per heavy atom. The van der Waals surface area contributed by atoms with Crippen molar-refractivity contribution in [3.63, 3.8) is 0 Å². The van der Waals surface area contributed by atoms with Crippen LogP contribution in [0.2, 0.25) is 0 Å². The predicted octanol–water partition coefficient (Wildman–Crippen LogP) is 6.26. The summed E-state index contributed by atoms with van der Waals surface area (Å²) in [5.41, 5.74) is 4.28. The SMILES string of the molecule is C/C(=C\CC/C(C)=C/Cc1cc(O)cc(C)c1O)CC/C=C(\C)CC[C@@H](O)C(C)(C)O. The summed E-state index contributed by atoms with van der Waals surface area (Å²) in [7, 11) is 0. The van der Waals surface area contributed by atoms with Crippen LogP contribution in [0.15, 0.2) is 47.1 Å². The Balaban J connectivity index is 2.40. The molecule has 0 unspecified atom stereocenters. The molecule has 0 aliphatic carbocycles. The summed E-state index contributed by atoms with van der Waals surface area (Å²) in [5.74, 6) is 0.447. The van der Waals surface area contributed by atoms with Crippen molar-refractivity contribution in [1.29, 1.82) is 0 Å². The van der Waals surface area contributed by atoms with Crippen molar-refractivity contribution >= 4 is 0 Å². The Kier molecular flexibility index (Phi) is 11.1. The smallest absolute Gasteiger partial charge is 0.122 e. The molecule has 0 amide bonds. The van der Waals surface area contributed by atoms with Gasteiger partial charge >= 0.3 is 0 Å². The molecule has 0 heterocycles. The minimum atomic E-state index is -1.05. The quantitative estimate of drug-likeness (QED) is 0.233. The molecular formula is C27H42O4. The molecule has 174 valence electrons. The first-order valence-corrected chi connectivity index (χ1v) is 11.3. The molecule has 1 rings (SSSR count). The summed E-state index contributed by atoms with van der Waals surface area (Å²) in [6, 6.07) is 3.19. The number of allylic oxidation sites excluding steroid dienone is 6. The lowest BCUT2D eigenvalue weighted by Crippen LogP contribution is -2.35. The minimum Gasteiger partial charge on any atom is -0.508 e. The van der Waals surface area contributed by atoms with Crippen LogP contribution in [0, 0.1) is 6.92 Å². The van der Waals surface area contributed by atoms with E-state index in [1.165, 1.54) is 16.7 Å². The highest BCUT2D eigenvalue weighted by Gasteiger charge is 2.23. The van der Waals surface area contributed by atoms with Gasteiger partial charge in [0, 0.05) is 5.56 Å². The zero-order valence-corrected chi connectivity index (χ0v) is 20.2. The van der Waals surface area contributed by atoms with Gasteiger partial charge in [0.2, 0.25) is 0 Å². The average Bonchev–Trinajstić information content (AvgIpc) is 2.66. The minimum absolute atomic E-state index is 0.188. The number of aliphatic hydroxyl groups excluding tert-OH is 1. The molecular weight excluding hydrogens is 388 g/mol. The van der Waals surface area contributed by atoms with Gasteiger partial charge in [-0.2, -0.15) is 0 Å². The summed E-state index contributed by atoms with van der Waals surface area (Å²) in [4.78, 5) is 0. The molecule has 0 radical (unpaired) electrons. The van der Waals surface area contributed by atoms with E-state index in [-0.39, 0.29) is 11.5 Å². The number of aryl methyl sites for hydroxylation is 1. The normalized spacial score (nSPS) is 14.8. The lowest BCUT2D eigenvalue weighted by molar-refractivity contribution is -0.0509. The number of hydrogen-bond acceptors (Lipinski definition) is 4. The number of rotatable bonds is 12. The summed E-state index contributed by atoms with van der Waals surface area (Å²) < 4.78 is 0. The average molecular weight is 431 g/mol. The summed E-state index contributed by atoms with van der Waals surface area (Å²) >= 11 is 0. The number of hydrogen-bond donors (Lipinski definition) is 4. The number of aromatic hydroxyl groups is 2. The van der Waals surface area contributed by atoms with E-state index in [0.717, 1.165) is 37.7 Å². The maximum Gasteiger partial charge on any atom is 0.122 e. The van der Waals surface area contributed by atoms with E-state index in [4.69, 9.17) is 0 Å². The zero-order chi connectivity index (χ0) is 23.6. The van der Waals surface area contributed by atoms with Gasteiger partial charge in [0.1, 0.15) is 11.5 Å². The number of phenols is 2. The third-order valence-corrected chi connectivity index (χ3v) is 5.73. The fourth-order valence-electron chi connectivity index (χ4n) is 3.39. The van der Waals surface area contributed by atoms with Crippen molar-refractivity contribution in [2.45, 2.75) is 98.2 Å². The van der Waals surface area contributed by atoms with Gasteiger partial charge in [-0.3, -0.25) is 0 Å². The topological polar surface area (TPSA) is 80.9 Å². The van der Waals surface area contributed by atoms with Crippen molar-refractivity contribution in [3.8, 4) is 11.5 Å². The summed E-state index contributed by atoms with van der Waals surface area (Å²) in [6.45, 7) is 11.4. The molecule has 4 N–H and O–H groups in total. The van der Waals surface area contributed by atoms with Crippen LogP contribution in [0.3, 0.4) is 0 Å². The molecule has 0 aliphatic heterocycles.